The minimum Gasteiger partial charge on any atom is -0.256 e. The van der Waals surface area contributed by atoms with Crippen molar-refractivity contribution in [1.82, 2.24) is 4.98 Å². The summed E-state index contributed by atoms with van der Waals surface area (Å²) in [7, 11) is 0. The second-order valence-corrected chi connectivity index (χ2v) is 9.46. The van der Waals surface area contributed by atoms with Gasteiger partial charge >= 0.3 is 0 Å². The van der Waals surface area contributed by atoms with E-state index in [-0.39, 0.29) is 0 Å². The summed E-state index contributed by atoms with van der Waals surface area (Å²) in [5.41, 5.74) is 7.40. The maximum absolute atomic E-state index is 4.79. The molecule has 0 N–H and O–H groups in total. The first kappa shape index (κ1) is 19.9. The summed E-state index contributed by atoms with van der Waals surface area (Å²) < 4.78 is 2.63. The Morgan fingerprint density at radius 3 is 1.97 bits per heavy atom. The average Bonchev–Trinajstić information content (AvgIpc) is 3.28. The fourth-order valence-electron chi connectivity index (χ4n) is 4.66. The second kappa shape index (κ2) is 8.31. The van der Waals surface area contributed by atoms with Gasteiger partial charge in [-0.3, -0.25) is 4.98 Å². The first-order valence-electron chi connectivity index (χ1n) is 11.3. The molecule has 0 aliphatic heterocycles. The molecule has 1 atom stereocenters. The van der Waals surface area contributed by atoms with Crippen LogP contribution in [-0.4, -0.2) is 4.98 Å². The van der Waals surface area contributed by atoms with E-state index in [1.54, 1.807) is 0 Å². The molecule has 2 heterocycles. The first-order valence-corrected chi connectivity index (χ1v) is 12.1. The molecule has 6 aromatic rings. The Morgan fingerprint density at radius 1 is 0.606 bits per heavy atom. The van der Waals surface area contributed by atoms with Crippen molar-refractivity contribution in [2.24, 2.45) is 0 Å². The van der Waals surface area contributed by atoms with E-state index >= 15 is 0 Å². The monoisotopic (exact) mass is 441 g/mol. The first-order chi connectivity index (χ1) is 16.3. The molecule has 1 nitrogen and oxygen atoms in total. The van der Waals surface area contributed by atoms with Crippen molar-refractivity contribution in [2.75, 3.05) is 0 Å². The van der Waals surface area contributed by atoms with Crippen LogP contribution in [0.3, 0.4) is 0 Å². The zero-order valence-electron chi connectivity index (χ0n) is 18.4. The van der Waals surface area contributed by atoms with Crippen LogP contribution >= 0.6 is 11.3 Å². The summed E-state index contributed by atoms with van der Waals surface area (Å²) in [6, 6.07) is 39.0. The lowest BCUT2D eigenvalue weighted by Crippen LogP contribution is -1.97. The number of nitrogens with zero attached hydrogens (tertiary/aromatic N) is 1. The number of thiophene rings is 1. The average molecular weight is 442 g/mol. The quantitative estimate of drug-likeness (QED) is 0.266. The number of hydrogen-bond acceptors (Lipinski definition) is 2. The van der Waals surface area contributed by atoms with Crippen LogP contribution in [0.25, 0.3) is 42.6 Å². The molecule has 0 aliphatic rings. The van der Waals surface area contributed by atoms with Crippen molar-refractivity contribution in [1.29, 1.82) is 0 Å². The molecule has 1 unspecified atom stereocenters. The summed E-state index contributed by atoms with van der Waals surface area (Å²) in [5, 5.41) is 2.61. The van der Waals surface area contributed by atoms with Gasteiger partial charge in [0.2, 0.25) is 0 Å². The van der Waals surface area contributed by atoms with Crippen molar-refractivity contribution in [2.45, 2.75) is 12.8 Å². The Hall–Kier alpha value is -3.75. The van der Waals surface area contributed by atoms with Crippen molar-refractivity contribution < 1.29 is 0 Å². The summed E-state index contributed by atoms with van der Waals surface area (Å²) >= 11 is 1.88. The largest absolute Gasteiger partial charge is 0.256 e. The summed E-state index contributed by atoms with van der Waals surface area (Å²) in [5.74, 6) is 0.319. The van der Waals surface area contributed by atoms with Crippen molar-refractivity contribution >= 4 is 31.5 Å². The molecule has 4 aromatic carbocycles. The molecule has 2 aromatic heterocycles. The Bertz CT molecular complexity index is 1570. The standard InChI is InChI=1S/C31H23NS/c1-21(22-10-4-2-5-11-22)24-18-19-32-29(20-24)28-17-9-16-27-26-15-8-14-25(30(26)33-31(27)28)23-12-6-3-7-13-23/h2-21H,1H3. The molecule has 0 radical (unpaired) electrons. The van der Waals surface area contributed by atoms with Gasteiger partial charge in [0.05, 0.1) is 5.69 Å². The molecular formula is C31H23NS. The van der Waals surface area contributed by atoms with Crippen LogP contribution in [0.5, 0.6) is 0 Å². The van der Waals surface area contributed by atoms with E-state index in [1.165, 1.54) is 48.0 Å². The fourth-order valence-corrected chi connectivity index (χ4v) is 6.02. The van der Waals surface area contributed by atoms with Gasteiger partial charge in [0.25, 0.3) is 0 Å². The normalized spacial score (nSPS) is 12.3. The smallest absolute Gasteiger partial charge is 0.0719 e. The van der Waals surface area contributed by atoms with Gasteiger partial charge in [0, 0.05) is 37.9 Å². The van der Waals surface area contributed by atoms with Crippen LogP contribution < -0.4 is 0 Å². The molecule has 6 rings (SSSR count). The molecule has 0 saturated carbocycles. The predicted octanol–water partition coefficient (Wildman–Crippen LogP) is 8.94. The van der Waals surface area contributed by atoms with Crippen molar-refractivity contribution in [3.8, 4) is 22.4 Å². The minimum atomic E-state index is 0.319. The van der Waals surface area contributed by atoms with Crippen LogP contribution in [0.1, 0.15) is 24.0 Å². The molecular weight excluding hydrogens is 418 g/mol. The SMILES string of the molecule is CC(c1ccccc1)c1ccnc(-c2cccc3c2sc2c(-c4ccccc4)cccc23)c1. The van der Waals surface area contributed by atoms with E-state index in [1.807, 2.05) is 17.5 Å². The lowest BCUT2D eigenvalue weighted by Gasteiger charge is -2.13. The van der Waals surface area contributed by atoms with Crippen LogP contribution in [0.15, 0.2) is 115 Å². The van der Waals surface area contributed by atoms with Crippen LogP contribution in [0.2, 0.25) is 0 Å². The van der Waals surface area contributed by atoms with Gasteiger partial charge in [-0.2, -0.15) is 0 Å². The van der Waals surface area contributed by atoms with Crippen LogP contribution in [0.4, 0.5) is 0 Å². The number of rotatable bonds is 4. The summed E-state index contributed by atoms with van der Waals surface area (Å²) in [4.78, 5) is 4.79. The highest BCUT2D eigenvalue weighted by Gasteiger charge is 2.15. The van der Waals surface area contributed by atoms with Gasteiger partial charge in [0.1, 0.15) is 0 Å². The van der Waals surface area contributed by atoms with E-state index in [0.29, 0.717) is 5.92 Å². The fraction of sp³-hybridized carbons (Fsp3) is 0.0645. The van der Waals surface area contributed by atoms with Gasteiger partial charge in [-0.1, -0.05) is 104 Å². The highest BCUT2D eigenvalue weighted by Crippen LogP contribution is 2.43. The molecule has 0 amide bonds. The third-order valence-corrected chi connectivity index (χ3v) is 7.76. The van der Waals surface area contributed by atoms with E-state index in [0.717, 1.165) is 5.69 Å². The Balaban J connectivity index is 1.52. The molecule has 158 valence electrons. The minimum absolute atomic E-state index is 0.319. The predicted molar refractivity (Wildman–Crippen MR) is 142 cm³/mol. The summed E-state index contributed by atoms with van der Waals surface area (Å²) in [6.45, 7) is 2.26. The number of fused-ring (bicyclic) bond motifs is 3. The molecule has 0 spiro atoms. The number of benzene rings is 4. The highest BCUT2D eigenvalue weighted by atomic mass is 32.1. The van der Waals surface area contributed by atoms with Gasteiger partial charge in [-0.15, -0.1) is 11.3 Å². The lowest BCUT2D eigenvalue weighted by molar-refractivity contribution is 0.918. The van der Waals surface area contributed by atoms with Gasteiger partial charge < -0.3 is 0 Å². The van der Waals surface area contributed by atoms with E-state index in [2.05, 4.69) is 116 Å². The maximum Gasteiger partial charge on any atom is 0.0719 e. The van der Waals surface area contributed by atoms with E-state index < -0.39 is 0 Å². The zero-order valence-corrected chi connectivity index (χ0v) is 19.2. The molecule has 0 bridgehead atoms. The second-order valence-electron chi connectivity index (χ2n) is 8.44. The third kappa shape index (κ3) is 3.53. The van der Waals surface area contributed by atoms with Crippen LogP contribution in [-0.2, 0) is 0 Å². The topological polar surface area (TPSA) is 12.9 Å². The third-order valence-electron chi connectivity index (χ3n) is 6.47. The van der Waals surface area contributed by atoms with E-state index in [9.17, 15) is 0 Å². The highest BCUT2D eigenvalue weighted by molar-refractivity contribution is 7.26. The number of pyridine rings is 1. The Kier molecular flexibility index (Phi) is 5.01. The number of aromatic nitrogens is 1. The molecule has 2 heteroatoms. The van der Waals surface area contributed by atoms with E-state index in [4.69, 9.17) is 4.98 Å². The van der Waals surface area contributed by atoms with Crippen molar-refractivity contribution in [3.63, 3.8) is 0 Å². The van der Waals surface area contributed by atoms with Crippen LogP contribution in [0, 0.1) is 0 Å². The van der Waals surface area contributed by atoms with Gasteiger partial charge in [-0.05, 0) is 34.4 Å². The zero-order chi connectivity index (χ0) is 22.2. The molecule has 0 saturated heterocycles. The Morgan fingerprint density at radius 2 is 1.24 bits per heavy atom. The van der Waals surface area contributed by atoms with Gasteiger partial charge in [-0.25, -0.2) is 0 Å². The molecule has 33 heavy (non-hydrogen) atoms. The summed E-state index contributed by atoms with van der Waals surface area (Å²) in [6.07, 6.45) is 1.95. The molecule has 0 aliphatic carbocycles. The lowest BCUT2D eigenvalue weighted by atomic mass is 9.92. The number of hydrogen-bond donors (Lipinski definition) is 0. The maximum atomic E-state index is 4.79. The van der Waals surface area contributed by atoms with Gasteiger partial charge in [0.15, 0.2) is 0 Å². The molecule has 0 fully saturated rings. The Labute approximate surface area is 198 Å². The van der Waals surface area contributed by atoms with Crippen molar-refractivity contribution in [3.05, 3.63) is 127 Å².